The van der Waals surface area contributed by atoms with Gasteiger partial charge in [-0.3, -0.25) is 18.7 Å². The molecule has 4 heteroatoms. The second kappa shape index (κ2) is 6.33. The van der Waals surface area contributed by atoms with E-state index in [-0.39, 0.29) is 28.3 Å². The third kappa shape index (κ3) is 2.48. The standard InChI is InChI=1S/C22H14O4/c1-2-14-13-17-22(26-25-17)19(21(24)16-11-7-4-8-12-16)18(14)20(23)15-9-5-3-6-10-15/h2-13H,1H2. The number of fused-ring (bicyclic) bond motifs is 1. The van der Waals surface area contributed by atoms with Crippen LogP contribution in [0.25, 0.3) is 17.2 Å². The molecule has 0 fully saturated rings. The molecule has 3 aromatic carbocycles. The molecule has 1 aromatic heterocycles. The van der Waals surface area contributed by atoms with E-state index in [1.165, 1.54) is 0 Å². The van der Waals surface area contributed by atoms with E-state index in [0.717, 1.165) is 0 Å². The summed E-state index contributed by atoms with van der Waals surface area (Å²) >= 11 is 0. The van der Waals surface area contributed by atoms with Crippen molar-refractivity contribution in [3.8, 4) is 0 Å². The molecule has 0 amide bonds. The lowest BCUT2D eigenvalue weighted by atomic mass is 9.89. The maximum atomic E-state index is 13.2. The predicted octanol–water partition coefficient (Wildman–Crippen LogP) is 5.13. The maximum absolute atomic E-state index is 13.2. The number of ketones is 2. The highest BCUT2D eigenvalue weighted by Gasteiger charge is 2.29. The van der Waals surface area contributed by atoms with E-state index in [4.69, 9.17) is 9.15 Å². The molecule has 0 atom stereocenters. The van der Waals surface area contributed by atoms with Gasteiger partial charge in [0.25, 0.3) is 0 Å². The van der Waals surface area contributed by atoms with Crippen molar-refractivity contribution in [3.63, 3.8) is 0 Å². The first kappa shape index (κ1) is 15.8. The van der Waals surface area contributed by atoms with E-state index in [2.05, 4.69) is 6.58 Å². The average Bonchev–Trinajstić information content (AvgIpc) is 2.68. The monoisotopic (exact) mass is 342 g/mol. The van der Waals surface area contributed by atoms with Gasteiger partial charge in [0.15, 0.2) is 11.6 Å². The average molecular weight is 342 g/mol. The third-order valence-corrected chi connectivity index (χ3v) is 4.24. The summed E-state index contributed by atoms with van der Waals surface area (Å²) in [5.41, 5.74) is 2.64. The maximum Gasteiger partial charge on any atom is 0.237 e. The van der Waals surface area contributed by atoms with Crippen LogP contribution in [0.5, 0.6) is 0 Å². The van der Waals surface area contributed by atoms with Crippen LogP contribution in [0.2, 0.25) is 0 Å². The molecule has 0 saturated heterocycles. The zero-order chi connectivity index (χ0) is 18.1. The molecular weight excluding hydrogens is 328 g/mol. The lowest BCUT2D eigenvalue weighted by molar-refractivity contribution is 0.0575. The highest BCUT2D eigenvalue weighted by Crippen LogP contribution is 2.33. The Morgan fingerprint density at radius 1 is 0.769 bits per heavy atom. The van der Waals surface area contributed by atoms with Crippen LogP contribution in [0.4, 0.5) is 0 Å². The first-order valence-corrected chi connectivity index (χ1v) is 8.08. The van der Waals surface area contributed by atoms with Crippen LogP contribution >= 0.6 is 0 Å². The van der Waals surface area contributed by atoms with Crippen LogP contribution in [-0.4, -0.2) is 11.6 Å². The Bertz CT molecular complexity index is 1120. The molecule has 0 aliphatic heterocycles. The second-order valence-corrected chi connectivity index (χ2v) is 5.80. The van der Waals surface area contributed by atoms with E-state index >= 15 is 0 Å². The van der Waals surface area contributed by atoms with Gasteiger partial charge in [0.05, 0.1) is 5.56 Å². The Hall–Kier alpha value is -3.66. The Morgan fingerprint density at radius 3 is 1.77 bits per heavy atom. The van der Waals surface area contributed by atoms with E-state index in [1.54, 1.807) is 60.7 Å². The number of benzene rings is 3. The summed E-state index contributed by atoms with van der Waals surface area (Å²) < 4.78 is 10.0. The Morgan fingerprint density at radius 2 is 1.31 bits per heavy atom. The molecule has 0 spiro atoms. The van der Waals surface area contributed by atoms with Crippen molar-refractivity contribution in [2.75, 3.05) is 0 Å². The van der Waals surface area contributed by atoms with Crippen molar-refractivity contribution in [2.24, 2.45) is 0 Å². The highest BCUT2D eigenvalue weighted by molar-refractivity contribution is 6.25. The van der Waals surface area contributed by atoms with Crippen molar-refractivity contribution in [2.45, 2.75) is 0 Å². The Balaban J connectivity index is 1.98. The van der Waals surface area contributed by atoms with Crippen molar-refractivity contribution in [1.82, 2.24) is 0 Å². The third-order valence-electron chi connectivity index (χ3n) is 4.24. The van der Waals surface area contributed by atoms with E-state index in [9.17, 15) is 9.59 Å². The van der Waals surface area contributed by atoms with Crippen LogP contribution in [0.1, 0.15) is 37.4 Å². The second-order valence-electron chi connectivity index (χ2n) is 5.80. The minimum atomic E-state index is -0.298. The molecule has 0 unspecified atom stereocenters. The smallest absolute Gasteiger partial charge is 0.237 e. The number of hydrogen-bond acceptors (Lipinski definition) is 4. The molecule has 1 heterocycles. The molecule has 0 bridgehead atoms. The van der Waals surface area contributed by atoms with Gasteiger partial charge in [0.1, 0.15) is 0 Å². The molecule has 4 rings (SSSR count). The summed E-state index contributed by atoms with van der Waals surface area (Å²) in [6.07, 6.45) is 1.54. The lowest BCUT2D eigenvalue weighted by Gasteiger charge is -2.14. The molecule has 126 valence electrons. The van der Waals surface area contributed by atoms with Crippen LogP contribution < -0.4 is 0 Å². The van der Waals surface area contributed by atoms with Gasteiger partial charge in [0.2, 0.25) is 11.2 Å². The molecule has 0 aliphatic rings. The summed E-state index contributed by atoms with van der Waals surface area (Å²) in [6, 6.07) is 19.2. The normalized spacial score (nSPS) is 10.8. The summed E-state index contributed by atoms with van der Waals surface area (Å²) in [6.45, 7) is 3.78. The van der Waals surface area contributed by atoms with Gasteiger partial charge in [-0.05, 0) is 11.6 Å². The fraction of sp³-hybridized carbons (Fsp3) is 0. The molecule has 4 nitrogen and oxygen atoms in total. The largest absolute Gasteiger partial charge is 0.289 e. The number of hydrogen-bond donors (Lipinski definition) is 0. The van der Waals surface area contributed by atoms with Gasteiger partial charge in [-0.2, -0.15) is 0 Å². The van der Waals surface area contributed by atoms with Gasteiger partial charge in [-0.15, -0.1) is 0 Å². The Labute approximate surface area is 149 Å². The minimum Gasteiger partial charge on any atom is -0.289 e. The van der Waals surface area contributed by atoms with E-state index in [0.29, 0.717) is 22.3 Å². The molecule has 0 N–H and O–H groups in total. The summed E-state index contributed by atoms with van der Waals surface area (Å²) in [4.78, 5) is 26.3. The van der Waals surface area contributed by atoms with E-state index in [1.807, 2.05) is 12.1 Å². The van der Waals surface area contributed by atoms with Gasteiger partial charge >= 0.3 is 0 Å². The molecular formula is C22H14O4. The zero-order valence-corrected chi connectivity index (χ0v) is 13.8. The fourth-order valence-corrected chi connectivity index (χ4v) is 2.95. The quantitative estimate of drug-likeness (QED) is 0.372. The molecule has 0 saturated carbocycles. The lowest BCUT2D eigenvalue weighted by Crippen LogP contribution is -2.14. The SMILES string of the molecule is C=Cc1cc2ooc2c(C(=O)c2ccccc2)c1C(=O)c1ccccc1. The van der Waals surface area contributed by atoms with Crippen molar-refractivity contribution in [1.29, 1.82) is 0 Å². The number of carbonyl (C=O) groups excluding carboxylic acids is 2. The van der Waals surface area contributed by atoms with Crippen molar-refractivity contribution in [3.05, 3.63) is 101 Å². The van der Waals surface area contributed by atoms with Gasteiger partial charge in [-0.1, -0.05) is 73.3 Å². The van der Waals surface area contributed by atoms with Crippen LogP contribution in [0, 0.1) is 0 Å². The van der Waals surface area contributed by atoms with Crippen LogP contribution in [-0.2, 0) is 0 Å². The summed E-state index contributed by atoms with van der Waals surface area (Å²) in [7, 11) is 0. The summed E-state index contributed by atoms with van der Waals surface area (Å²) in [5.74, 6) is -0.564. The summed E-state index contributed by atoms with van der Waals surface area (Å²) in [5, 5.41) is 0. The van der Waals surface area contributed by atoms with Crippen molar-refractivity contribution >= 4 is 28.8 Å². The minimum absolute atomic E-state index is 0.198. The first-order valence-electron chi connectivity index (χ1n) is 8.08. The Kier molecular flexibility index (Phi) is 3.86. The zero-order valence-electron chi connectivity index (χ0n) is 13.8. The van der Waals surface area contributed by atoms with Crippen LogP contribution in [0.3, 0.4) is 0 Å². The molecule has 26 heavy (non-hydrogen) atoms. The van der Waals surface area contributed by atoms with Gasteiger partial charge in [0, 0.05) is 16.7 Å². The molecule has 0 radical (unpaired) electrons. The fourth-order valence-electron chi connectivity index (χ4n) is 2.95. The van der Waals surface area contributed by atoms with Gasteiger partial charge in [-0.25, -0.2) is 0 Å². The topological polar surface area (TPSA) is 60.4 Å². The highest BCUT2D eigenvalue weighted by atomic mass is 17.0. The molecule has 4 aromatic rings. The first-order chi connectivity index (χ1) is 12.7. The van der Waals surface area contributed by atoms with Crippen LogP contribution in [0.15, 0.2) is 82.5 Å². The van der Waals surface area contributed by atoms with Gasteiger partial charge < -0.3 is 0 Å². The number of rotatable bonds is 5. The van der Waals surface area contributed by atoms with E-state index < -0.39 is 0 Å². The number of carbonyl (C=O) groups is 2. The predicted molar refractivity (Wildman–Crippen MR) is 98.3 cm³/mol. The van der Waals surface area contributed by atoms with Crippen molar-refractivity contribution < 1.29 is 18.7 Å². The molecule has 0 aliphatic carbocycles.